The summed E-state index contributed by atoms with van der Waals surface area (Å²) in [4.78, 5) is 11.0. The molecule has 13 heavy (non-hydrogen) atoms. The largest absolute Gasteiger partial charge is 0.454 e. The lowest BCUT2D eigenvalue weighted by atomic mass is 10.2. The van der Waals surface area contributed by atoms with Crippen LogP contribution in [0.15, 0.2) is 11.1 Å². The molecule has 5 heteroatoms. The summed E-state index contributed by atoms with van der Waals surface area (Å²) in [7, 11) is 0. The van der Waals surface area contributed by atoms with Crippen molar-refractivity contribution in [1.82, 2.24) is 0 Å². The Bertz CT molecular complexity index is 219. The van der Waals surface area contributed by atoms with Crippen LogP contribution >= 0.6 is 0 Å². The lowest BCUT2D eigenvalue weighted by Gasteiger charge is -2.14. The molecule has 0 spiro atoms. The fraction of sp³-hybridized carbons (Fsp3) is 0.625. The molecule has 0 amide bonds. The maximum atomic E-state index is 11.0. The third-order valence-electron chi connectivity index (χ3n) is 1.45. The topological polar surface area (TPSA) is 87.0 Å². The Morgan fingerprint density at radius 3 is 2.00 bits per heavy atom. The maximum Gasteiger partial charge on any atom is 0.333 e. The number of carbonyl (C=O) groups excluding carboxylic acids is 1. The van der Waals surface area contributed by atoms with Crippen molar-refractivity contribution in [2.75, 3.05) is 6.61 Å². The van der Waals surface area contributed by atoms with Gasteiger partial charge in [0.25, 0.3) is 0 Å². The van der Waals surface area contributed by atoms with Crippen molar-refractivity contribution in [3.63, 3.8) is 0 Å². The Hall–Kier alpha value is -0.910. The fourth-order valence-corrected chi connectivity index (χ4v) is 0.475. The molecule has 5 nitrogen and oxygen atoms in total. The van der Waals surface area contributed by atoms with E-state index in [4.69, 9.17) is 15.3 Å². The highest BCUT2D eigenvalue weighted by atomic mass is 16.7. The number of esters is 1. The van der Waals surface area contributed by atoms with Gasteiger partial charge < -0.3 is 20.1 Å². The van der Waals surface area contributed by atoms with Crippen molar-refractivity contribution in [2.45, 2.75) is 26.7 Å². The van der Waals surface area contributed by atoms with Crippen molar-refractivity contribution in [2.24, 2.45) is 0 Å². The van der Waals surface area contributed by atoms with Crippen molar-refractivity contribution >= 4 is 5.97 Å². The molecule has 0 bridgehead atoms. The average molecular weight is 190 g/mol. The van der Waals surface area contributed by atoms with Gasteiger partial charge in [-0.1, -0.05) is 5.57 Å². The zero-order valence-electron chi connectivity index (χ0n) is 7.87. The summed E-state index contributed by atoms with van der Waals surface area (Å²) in [5, 5.41) is 25.2. The van der Waals surface area contributed by atoms with Crippen molar-refractivity contribution < 1.29 is 24.9 Å². The minimum absolute atomic E-state index is 0.379. The van der Waals surface area contributed by atoms with Crippen LogP contribution in [0.4, 0.5) is 0 Å². The van der Waals surface area contributed by atoms with Crippen LogP contribution in [-0.2, 0) is 9.53 Å². The van der Waals surface area contributed by atoms with Crippen LogP contribution in [0.1, 0.15) is 20.8 Å². The normalized spacial score (nSPS) is 10.9. The van der Waals surface area contributed by atoms with Gasteiger partial charge in [0.1, 0.15) is 0 Å². The molecule has 0 aliphatic heterocycles. The maximum absolute atomic E-state index is 11.0. The SMILES string of the molecule is CC(C)=C(C)C(=O)OCC(O)(O)O. The van der Waals surface area contributed by atoms with E-state index in [-0.39, 0.29) is 0 Å². The zero-order chi connectivity index (χ0) is 10.6. The highest BCUT2D eigenvalue weighted by molar-refractivity contribution is 5.88. The van der Waals surface area contributed by atoms with Crippen LogP contribution in [0.5, 0.6) is 0 Å². The van der Waals surface area contributed by atoms with Gasteiger partial charge in [-0.2, -0.15) is 0 Å². The highest BCUT2D eigenvalue weighted by Gasteiger charge is 2.21. The van der Waals surface area contributed by atoms with Gasteiger partial charge in [0.2, 0.25) is 0 Å². The molecule has 0 radical (unpaired) electrons. The van der Waals surface area contributed by atoms with Gasteiger partial charge in [0.15, 0.2) is 6.61 Å². The Balaban J connectivity index is 4.12. The molecular weight excluding hydrogens is 176 g/mol. The van der Waals surface area contributed by atoms with E-state index in [1.807, 2.05) is 0 Å². The molecule has 0 saturated heterocycles. The predicted octanol–water partition coefficient (Wildman–Crippen LogP) is -0.483. The molecule has 0 aliphatic rings. The van der Waals surface area contributed by atoms with Crippen LogP contribution in [0.3, 0.4) is 0 Å². The standard InChI is InChI=1S/C8H14O5/c1-5(2)6(3)7(9)13-4-8(10,11)12/h10-12H,4H2,1-3H3. The first-order chi connectivity index (χ1) is 5.74. The molecule has 3 N–H and O–H groups in total. The number of hydrogen-bond acceptors (Lipinski definition) is 5. The van der Waals surface area contributed by atoms with E-state index >= 15 is 0 Å². The molecule has 0 aromatic heterocycles. The van der Waals surface area contributed by atoms with Gasteiger partial charge in [-0.3, -0.25) is 0 Å². The Morgan fingerprint density at radius 2 is 1.69 bits per heavy atom. The summed E-state index contributed by atoms with van der Waals surface area (Å²) < 4.78 is 4.38. The Morgan fingerprint density at radius 1 is 1.23 bits per heavy atom. The van der Waals surface area contributed by atoms with Crippen LogP contribution in [-0.4, -0.2) is 33.9 Å². The molecular formula is C8H14O5. The number of ether oxygens (including phenoxy) is 1. The van der Waals surface area contributed by atoms with E-state index in [0.29, 0.717) is 5.57 Å². The van der Waals surface area contributed by atoms with Gasteiger partial charge in [-0.25, -0.2) is 4.79 Å². The van der Waals surface area contributed by atoms with Gasteiger partial charge in [-0.05, 0) is 20.8 Å². The zero-order valence-corrected chi connectivity index (χ0v) is 7.87. The second-order valence-corrected chi connectivity index (χ2v) is 2.98. The molecule has 0 heterocycles. The summed E-state index contributed by atoms with van der Waals surface area (Å²) in [6.45, 7) is 4.13. The number of hydrogen-bond donors (Lipinski definition) is 3. The van der Waals surface area contributed by atoms with E-state index in [9.17, 15) is 4.79 Å². The quantitative estimate of drug-likeness (QED) is 0.318. The number of carbonyl (C=O) groups is 1. The number of rotatable bonds is 3. The molecule has 0 fully saturated rings. The molecule has 0 atom stereocenters. The van der Waals surface area contributed by atoms with E-state index in [0.717, 1.165) is 5.57 Å². The molecule has 0 saturated carbocycles. The minimum atomic E-state index is -2.96. The summed E-state index contributed by atoms with van der Waals surface area (Å²) in [5.41, 5.74) is 1.15. The third-order valence-corrected chi connectivity index (χ3v) is 1.45. The average Bonchev–Trinajstić information content (AvgIpc) is 1.97. The first kappa shape index (κ1) is 12.1. The monoisotopic (exact) mass is 190 g/mol. The van der Waals surface area contributed by atoms with Gasteiger partial charge >= 0.3 is 11.9 Å². The van der Waals surface area contributed by atoms with Gasteiger partial charge in [0.05, 0.1) is 0 Å². The van der Waals surface area contributed by atoms with Crippen molar-refractivity contribution in [1.29, 1.82) is 0 Å². The van der Waals surface area contributed by atoms with Crippen LogP contribution < -0.4 is 0 Å². The van der Waals surface area contributed by atoms with Gasteiger partial charge in [-0.15, -0.1) is 0 Å². The van der Waals surface area contributed by atoms with E-state index in [2.05, 4.69) is 4.74 Å². The second kappa shape index (κ2) is 4.36. The third kappa shape index (κ3) is 5.35. The summed E-state index contributed by atoms with van der Waals surface area (Å²) in [6.07, 6.45) is 0. The Labute approximate surface area is 76.3 Å². The summed E-state index contributed by atoms with van der Waals surface area (Å²) in [6, 6.07) is 0. The van der Waals surface area contributed by atoms with Crippen LogP contribution in [0.25, 0.3) is 0 Å². The Kier molecular flexibility index (Phi) is 4.06. The lowest BCUT2D eigenvalue weighted by Crippen LogP contribution is -2.34. The van der Waals surface area contributed by atoms with Gasteiger partial charge in [0, 0.05) is 5.57 Å². The first-order valence-corrected chi connectivity index (χ1v) is 3.72. The molecule has 0 aromatic rings. The van der Waals surface area contributed by atoms with E-state index in [1.165, 1.54) is 0 Å². The predicted molar refractivity (Wildman–Crippen MR) is 44.4 cm³/mol. The molecule has 0 unspecified atom stereocenters. The van der Waals surface area contributed by atoms with E-state index in [1.54, 1.807) is 20.8 Å². The smallest absolute Gasteiger partial charge is 0.333 e. The first-order valence-electron chi connectivity index (χ1n) is 3.72. The summed E-state index contributed by atoms with van der Waals surface area (Å²) >= 11 is 0. The molecule has 0 aromatic carbocycles. The van der Waals surface area contributed by atoms with Crippen molar-refractivity contribution in [3.05, 3.63) is 11.1 Å². The number of allylic oxidation sites excluding steroid dienone is 1. The lowest BCUT2D eigenvalue weighted by molar-refractivity contribution is -0.327. The van der Waals surface area contributed by atoms with Crippen molar-refractivity contribution in [3.8, 4) is 0 Å². The fourth-order valence-electron chi connectivity index (χ4n) is 0.475. The minimum Gasteiger partial charge on any atom is -0.454 e. The molecule has 0 rings (SSSR count). The second-order valence-electron chi connectivity index (χ2n) is 2.98. The highest BCUT2D eigenvalue weighted by Crippen LogP contribution is 2.05. The van der Waals surface area contributed by atoms with Crippen LogP contribution in [0.2, 0.25) is 0 Å². The molecule has 76 valence electrons. The summed E-state index contributed by atoms with van der Waals surface area (Å²) in [5.74, 6) is -3.64. The van der Waals surface area contributed by atoms with Crippen LogP contribution in [0, 0.1) is 0 Å². The number of aliphatic hydroxyl groups is 3. The molecule has 0 aliphatic carbocycles. The van der Waals surface area contributed by atoms with E-state index < -0.39 is 18.5 Å².